The van der Waals surface area contributed by atoms with E-state index in [1.807, 2.05) is 6.33 Å². The van der Waals surface area contributed by atoms with Crippen LogP contribution in [0.5, 0.6) is 0 Å². The summed E-state index contributed by atoms with van der Waals surface area (Å²) < 4.78 is 2.27. The first kappa shape index (κ1) is 12.6. The molecule has 1 heterocycles. The van der Waals surface area contributed by atoms with Crippen LogP contribution in [0.4, 0.5) is 0 Å². The Bertz CT molecular complexity index is 328. The molecule has 1 fully saturated rings. The summed E-state index contributed by atoms with van der Waals surface area (Å²) in [6, 6.07) is 0.842. The molecule has 4 heteroatoms. The average molecular weight is 236 g/mol. The van der Waals surface area contributed by atoms with Gasteiger partial charge in [0.15, 0.2) is 0 Å². The summed E-state index contributed by atoms with van der Waals surface area (Å²) in [5, 5.41) is 8.31. The number of nitrogens with zero attached hydrogens (tertiary/aromatic N) is 3. The van der Waals surface area contributed by atoms with Crippen LogP contribution >= 0.6 is 0 Å². The van der Waals surface area contributed by atoms with E-state index in [0.29, 0.717) is 6.04 Å². The lowest BCUT2D eigenvalue weighted by atomic mass is 9.95. The lowest BCUT2D eigenvalue weighted by Gasteiger charge is -2.24. The molecule has 0 bridgehead atoms. The third-order valence-corrected chi connectivity index (χ3v) is 3.72. The molecule has 1 saturated carbocycles. The van der Waals surface area contributed by atoms with Gasteiger partial charge in [-0.25, -0.2) is 0 Å². The molecule has 0 aliphatic heterocycles. The minimum atomic E-state index is 0.228. The van der Waals surface area contributed by atoms with Gasteiger partial charge in [0, 0.05) is 18.5 Å². The number of nitrogens with two attached hydrogens (primary N) is 1. The molecule has 0 amide bonds. The van der Waals surface area contributed by atoms with Gasteiger partial charge in [-0.1, -0.05) is 32.6 Å². The topological polar surface area (TPSA) is 56.7 Å². The highest BCUT2D eigenvalue weighted by Crippen LogP contribution is 2.28. The van der Waals surface area contributed by atoms with E-state index in [2.05, 4.69) is 21.7 Å². The molecule has 1 unspecified atom stereocenters. The second kappa shape index (κ2) is 6.15. The van der Waals surface area contributed by atoms with Crippen molar-refractivity contribution in [3.63, 3.8) is 0 Å². The van der Waals surface area contributed by atoms with Crippen LogP contribution in [-0.4, -0.2) is 20.8 Å². The summed E-state index contributed by atoms with van der Waals surface area (Å²) >= 11 is 0. The Hall–Kier alpha value is -0.900. The monoisotopic (exact) mass is 236 g/mol. The zero-order valence-corrected chi connectivity index (χ0v) is 10.8. The Balaban J connectivity index is 2.00. The maximum absolute atomic E-state index is 6.09. The van der Waals surface area contributed by atoms with Crippen LogP contribution in [0.2, 0.25) is 0 Å². The Morgan fingerprint density at radius 2 is 2.18 bits per heavy atom. The molecule has 2 N–H and O–H groups in total. The number of aromatic nitrogens is 3. The molecule has 96 valence electrons. The van der Waals surface area contributed by atoms with E-state index < -0.39 is 0 Å². The minimum absolute atomic E-state index is 0.228. The van der Waals surface area contributed by atoms with Crippen molar-refractivity contribution in [2.75, 3.05) is 0 Å². The van der Waals surface area contributed by atoms with Crippen molar-refractivity contribution in [1.29, 1.82) is 0 Å². The summed E-state index contributed by atoms with van der Waals surface area (Å²) in [7, 11) is 0. The second-order valence-corrected chi connectivity index (χ2v) is 5.20. The second-order valence-electron chi connectivity index (χ2n) is 5.20. The Kier molecular flexibility index (Phi) is 4.54. The molecule has 0 saturated heterocycles. The molecule has 1 aliphatic carbocycles. The highest BCUT2D eigenvalue weighted by Gasteiger charge is 2.19. The number of hydrogen-bond donors (Lipinski definition) is 1. The smallest absolute Gasteiger partial charge is 0.134 e. The molecule has 1 aliphatic rings. The van der Waals surface area contributed by atoms with Gasteiger partial charge >= 0.3 is 0 Å². The van der Waals surface area contributed by atoms with Crippen LogP contribution in [0.15, 0.2) is 6.33 Å². The molecule has 17 heavy (non-hydrogen) atoms. The quantitative estimate of drug-likeness (QED) is 0.854. The van der Waals surface area contributed by atoms with Gasteiger partial charge < -0.3 is 10.3 Å². The molecule has 0 spiro atoms. The van der Waals surface area contributed by atoms with Gasteiger partial charge in [-0.05, 0) is 19.3 Å². The molecule has 1 atom stereocenters. The van der Waals surface area contributed by atoms with Crippen LogP contribution in [0, 0.1) is 0 Å². The molecular weight excluding hydrogens is 212 g/mol. The zero-order valence-electron chi connectivity index (χ0n) is 10.8. The van der Waals surface area contributed by atoms with Crippen LogP contribution in [0.25, 0.3) is 0 Å². The fraction of sp³-hybridized carbons (Fsp3) is 0.846. The standard InChI is InChI=1S/C13H24N4/c1-2-6-11(14)9-13-16-15-10-17(13)12-7-4-3-5-8-12/h10-12H,2-9,14H2,1H3. The summed E-state index contributed by atoms with van der Waals surface area (Å²) in [6.45, 7) is 2.17. The van der Waals surface area contributed by atoms with Crippen LogP contribution in [0.3, 0.4) is 0 Å². The van der Waals surface area contributed by atoms with Crippen LogP contribution in [0.1, 0.15) is 63.7 Å². The third-order valence-electron chi connectivity index (χ3n) is 3.72. The minimum Gasteiger partial charge on any atom is -0.327 e. The van der Waals surface area contributed by atoms with E-state index in [0.717, 1.165) is 25.1 Å². The van der Waals surface area contributed by atoms with E-state index in [1.54, 1.807) is 0 Å². The molecule has 4 nitrogen and oxygen atoms in total. The first-order valence-corrected chi connectivity index (χ1v) is 6.95. The highest BCUT2D eigenvalue weighted by molar-refractivity contribution is 4.93. The summed E-state index contributed by atoms with van der Waals surface area (Å²) in [5.74, 6) is 1.08. The van der Waals surface area contributed by atoms with E-state index in [4.69, 9.17) is 5.73 Å². The van der Waals surface area contributed by atoms with Crippen LogP contribution in [-0.2, 0) is 6.42 Å². The third kappa shape index (κ3) is 3.28. The SMILES string of the molecule is CCCC(N)Cc1nncn1C1CCCCC1. The first-order chi connectivity index (χ1) is 8.31. The van der Waals surface area contributed by atoms with Crippen molar-refractivity contribution in [1.82, 2.24) is 14.8 Å². The van der Waals surface area contributed by atoms with Gasteiger partial charge in [-0.2, -0.15) is 0 Å². The highest BCUT2D eigenvalue weighted by atomic mass is 15.3. The van der Waals surface area contributed by atoms with Gasteiger partial charge in [-0.3, -0.25) is 0 Å². The Morgan fingerprint density at radius 1 is 1.41 bits per heavy atom. The van der Waals surface area contributed by atoms with Gasteiger partial charge in [-0.15, -0.1) is 10.2 Å². The fourth-order valence-electron chi connectivity index (χ4n) is 2.78. The molecular formula is C13H24N4. The summed E-state index contributed by atoms with van der Waals surface area (Å²) in [4.78, 5) is 0. The fourth-order valence-corrected chi connectivity index (χ4v) is 2.78. The number of hydrogen-bond acceptors (Lipinski definition) is 3. The summed E-state index contributed by atoms with van der Waals surface area (Å²) in [5.41, 5.74) is 6.09. The average Bonchev–Trinajstić information content (AvgIpc) is 2.78. The first-order valence-electron chi connectivity index (χ1n) is 6.95. The zero-order chi connectivity index (χ0) is 12.1. The van der Waals surface area contributed by atoms with Crippen molar-refractivity contribution in [3.8, 4) is 0 Å². The number of rotatable bonds is 5. The van der Waals surface area contributed by atoms with Gasteiger partial charge in [0.05, 0.1) is 0 Å². The van der Waals surface area contributed by atoms with Crippen molar-refractivity contribution in [2.45, 2.75) is 70.4 Å². The predicted octanol–water partition coefficient (Wildman–Crippen LogP) is 2.45. The van der Waals surface area contributed by atoms with Crippen molar-refractivity contribution in [2.24, 2.45) is 5.73 Å². The maximum atomic E-state index is 6.09. The predicted molar refractivity (Wildman–Crippen MR) is 68.7 cm³/mol. The van der Waals surface area contributed by atoms with Crippen molar-refractivity contribution < 1.29 is 0 Å². The molecule has 1 aromatic rings. The van der Waals surface area contributed by atoms with E-state index >= 15 is 0 Å². The van der Waals surface area contributed by atoms with Gasteiger partial charge in [0.25, 0.3) is 0 Å². The Morgan fingerprint density at radius 3 is 2.88 bits per heavy atom. The Labute approximate surface area is 104 Å². The van der Waals surface area contributed by atoms with Gasteiger partial charge in [0.2, 0.25) is 0 Å². The molecule has 1 aromatic heterocycles. The van der Waals surface area contributed by atoms with E-state index in [1.165, 1.54) is 32.1 Å². The van der Waals surface area contributed by atoms with E-state index in [9.17, 15) is 0 Å². The molecule has 0 aromatic carbocycles. The maximum Gasteiger partial charge on any atom is 0.134 e. The van der Waals surface area contributed by atoms with Crippen LogP contribution < -0.4 is 5.73 Å². The molecule has 0 radical (unpaired) electrons. The lowest BCUT2D eigenvalue weighted by molar-refractivity contribution is 0.342. The molecule has 2 rings (SSSR count). The van der Waals surface area contributed by atoms with E-state index in [-0.39, 0.29) is 6.04 Å². The largest absolute Gasteiger partial charge is 0.327 e. The lowest BCUT2D eigenvalue weighted by Crippen LogP contribution is -2.25. The normalized spacial score (nSPS) is 19.4. The van der Waals surface area contributed by atoms with Gasteiger partial charge in [0.1, 0.15) is 12.2 Å². The van der Waals surface area contributed by atoms with Crippen molar-refractivity contribution in [3.05, 3.63) is 12.2 Å². The van der Waals surface area contributed by atoms with Crippen molar-refractivity contribution >= 4 is 0 Å². The summed E-state index contributed by atoms with van der Waals surface area (Å²) in [6.07, 6.45) is 11.6.